The lowest BCUT2D eigenvalue weighted by Gasteiger charge is -2.61. The monoisotopic (exact) mass is 657 g/mol. The predicted molar refractivity (Wildman–Crippen MR) is 163 cm³/mol. The first-order valence-corrected chi connectivity index (χ1v) is 15.8. The summed E-state index contributed by atoms with van der Waals surface area (Å²) in [6.45, 7) is 8.73. The third-order valence-corrected chi connectivity index (χ3v) is 9.60. The van der Waals surface area contributed by atoms with Crippen molar-refractivity contribution in [2.75, 3.05) is 13.6 Å². The number of likely N-dealkylation sites (N-methyl/N-ethyl adjacent to an activating group) is 1. The van der Waals surface area contributed by atoms with Crippen molar-refractivity contribution in [3.05, 3.63) is 40.7 Å². The van der Waals surface area contributed by atoms with Gasteiger partial charge < -0.3 is 38.8 Å². The molecule has 0 radical (unpaired) electrons. The average molecular weight is 658 g/mol. The number of carbonyl (C=O) groups is 5. The Labute approximate surface area is 273 Å². The van der Waals surface area contributed by atoms with Crippen LogP contribution in [0.25, 0.3) is 0 Å². The van der Waals surface area contributed by atoms with Crippen LogP contribution in [0.4, 0.5) is 0 Å². The van der Waals surface area contributed by atoms with Gasteiger partial charge in [0.25, 0.3) is 0 Å². The van der Waals surface area contributed by atoms with Gasteiger partial charge in [-0.25, -0.2) is 9.59 Å². The van der Waals surface area contributed by atoms with Crippen LogP contribution in [-0.2, 0) is 61.4 Å². The fourth-order valence-corrected chi connectivity index (χ4v) is 7.51. The van der Waals surface area contributed by atoms with Gasteiger partial charge >= 0.3 is 23.9 Å². The van der Waals surface area contributed by atoms with Crippen LogP contribution in [0.5, 0.6) is 5.75 Å². The second kappa shape index (κ2) is 12.3. The Kier molecular flexibility index (Phi) is 9.06. The molecule has 2 aliphatic carbocycles. The first kappa shape index (κ1) is 34.5. The van der Waals surface area contributed by atoms with E-state index in [0.717, 1.165) is 18.1 Å². The quantitative estimate of drug-likeness (QED) is 0.276. The Balaban J connectivity index is 1.42. The molecule has 0 amide bonds. The van der Waals surface area contributed by atoms with E-state index in [0.29, 0.717) is 30.7 Å². The Bertz CT molecular complexity index is 1530. The molecule has 13 nitrogen and oxygen atoms in total. The van der Waals surface area contributed by atoms with Crippen molar-refractivity contribution in [3.8, 4) is 5.75 Å². The Morgan fingerprint density at radius 1 is 1.09 bits per heavy atom. The Morgan fingerprint density at radius 2 is 1.79 bits per heavy atom. The van der Waals surface area contributed by atoms with Crippen LogP contribution < -0.4 is 4.74 Å². The molecule has 256 valence electrons. The fraction of sp³-hybridized carbons (Fsp3) is 0.618. The molecule has 2 aliphatic heterocycles. The van der Waals surface area contributed by atoms with E-state index in [2.05, 4.69) is 4.90 Å². The lowest BCUT2D eigenvalue weighted by molar-refractivity contribution is -0.188. The number of Topliss-reactive ketones (excluding diaryl/α,β-unsaturated/α-hetero) is 1. The third kappa shape index (κ3) is 5.93. The van der Waals surface area contributed by atoms with Crippen LogP contribution in [0.2, 0.25) is 0 Å². The number of benzene rings is 1. The molecule has 1 fully saturated rings. The van der Waals surface area contributed by atoms with Gasteiger partial charge in [-0.05, 0) is 72.7 Å². The maximum absolute atomic E-state index is 13.7. The molecule has 1 aromatic carbocycles. The minimum atomic E-state index is -1.83. The van der Waals surface area contributed by atoms with E-state index in [1.165, 1.54) is 13.8 Å². The first-order chi connectivity index (χ1) is 21.9. The molecule has 0 unspecified atom stereocenters. The molecule has 13 heteroatoms. The summed E-state index contributed by atoms with van der Waals surface area (Å²) in [6.07, 6.45) is -2.03. The van der Waals surface area contributed by atoms with Gasteiger partial charge in [-0.1, -0.05) is 12.1 Å². The van der Waals surface area contributed by atoms with E-state index in [9.17, 15) is 34.2 Å². The van der Waals surface area contributed by atoms with Crippen molar-refractivity contribution < 1.29 is 57.9 Å². The number of esters is 4. The van der Waals surface area contributed by atoms with E-state index >= 15 is 0 Å². The molecule has 7 atom stereocenters. The lowest BCUT2D eigenvalue weighted by atomic mass is 9.50. The van der Waals surface area contributed by atoms with Gasteiger partial charge in [0.15, 0.2) is 6.10 Å². The SMILES string of the molecule is CC(=O)C[C@@H](OC(=O)[C@H](OC(C)=O)[C@@H](C)C(=O)OC1=CC[C@@]2(O)[C@H]3Cc4ccc(CO)c5c4[C@@]2(CCN3C)[C@H]1O5)C(=O)OC(C)(C)C. The number of rotatable bonds is 10. The van der Waals surface area contributed by atoms with Crippen molar-refractivity contribution in [1.82, 2.24) is 4.90 Å². The first-order valence-electron chi connectivity index (χ1n) is 15.8. The maximum Gasteiger partial charge on any atom is 0.349 e. The number of aliphatic hydroxyl groups excluding tert-OH is 1. The highest BCUT2D eigenvalue weighted by Gasteiger charge is 2.72. The predicted octanol–water partition coefficient (Wildman–Crippen LogP) is 1.80. The molecular formula is C34H43NO12. The van der Waals surface area contributed by atoms with E-state index in [1.807, 2.05) is 13.1 Å². The number of carbonyl (C=O) groups excluding carboxylic acids is 5. The van der Waals surface area contributed by atoms with Crippen molar-refractivity contribution in [1.29, 1.82) is 0 Å². The number of aliphatic hydroxyl groups is 2. The molecular weight excluding hydrogens is 614 g/mol. The molecule has 2 N–H and O–H groups in total. The van der Waals surface area contributed by atoms with Gasteiger partial charge in [-0.3, -0.25) is 14.4 Å². The average Bonchev–Trinajstić information content (AvgIpc) is 3.33. The number of ketones is 1. The van der Waals surface area contributed by atoms with Crippen molar-refractivity contribution in [3.63, 3.8) is 0 Å². The summed E-state index contributed by atoms with van der Waals surface area (Å²) in [4.78, 5) is 65.9. The standard InChI is InChI=1S/C34H43NO12/c1-17(37)14-23(30(40)47-32(4,5)6)45-31(41)26(43-19(3)38)18(2)29(39)44-22-10-11-34(42)24-15-20-8-9-21(16-36)27-25(20)33(34,28(22)46-27)12-13-35(24)7/h8-10,18,23-24,26,28,36,42H,11-16H2,1-7H3/t18-,23-,24-,26-,28+,33+,34-/m1/s1. The van der Waals surface area contributed by atoms with Gasteiger partial charge in [0, 0.05) is 30.5 Å². The fourth-order valence-electron chi connectivity index (χ4n) is 7.51. The molecule has 47 heavy (non-hydrogen) atoms. The number of nitrogens with zero attached hydrogens (tertiary/aromatic N) is 1. The minimum absolute atomic E-state index is 0.126. The zero-order chi connectivity index (χ0) is 34.6. The zero-order valence-corrected chi connectivity index (χ0v) is 27.8. The lowest BCUT2D eigenvalue weighted by Crippen LogP contribution is -2.74. The minimum Gasteiger partial charge on any atom is -0.481 e. The number of hydrogen-bond acceptors (Lipinski definition) is 13. The molecule has 2 bridgehead atoms. The molecule has 1 aromatic rings. The summed E-state index contributed by atoms with van der Waals surface area (Å²) >= 11 is 0. The highest BCUT2D eigenvalue weighted by Crippen LogP contribution is 2.64. The summed E-state index contributed by atoms with van der Waals surface area (Å²) in [7, 11) is 1.97. The molecule has 1 spiro atoms. The van der Waals surface area contributed by atoms with Gasteiger partial charge in [0.2, 0.25) is 12.2 Å². The summed E-state index contributed by atoms with van der Waals surface area (Å²) in [5, 5.41) is 22.5. The van der Waals surface area contributed by atoms with Crippen LogP contribution in [-0.4, -0.2) is 93.9 Å². The topological polar surface area (TPSA) is 175 Å². The van der Waals surface area contributed by atoms with Crippen LogP contribution >= 0.6 is 0 Å². The molecule has 1 saturated heterocycles. The maximum atomic E-state index is 13.7. The van der Waals surface area contributed by atoms with Gasteiger partial charge in [-0.15, -0.1) is 0 Å². The molecule has 4 aliphatic rings. The van der Waals surface area contributed by atoms with Crippen molar-refractivity contribution in [2.45, 2.75) is 115 Å². The van der Waals surface area contributed by atoms with E-state index in [-0.39, 0.29) is 24.8 Å². The molecule has 0 aromatic heterocycles. The molecule has 0 saturated carbocycles. The van der Waals surface area contributed by atoms with Crippen LogP contribution in [0, 0.1) is 5.92 Å². The third-order valence-electron chi connectivity index (χ3n) is 9.60. The Hall–Kier alpha value is -3.81. The van der Waals surface area contributed by atoms with Gasteiger partial charge in [-0.2, -0.15) is 0 Å². The second-order valence-electron chi connectivity index (χ2n) is 14.0. The number of hydrogen-bond donors (Lipinski definition) is 2. The Morgan fingerprint density at radius 3 is 2.40 bits per heavy atom. The molecule has 2 heterocycles. The highest BCUT2D eigenvalue weighted by molar-refractivity contribution is 5.90. The van der Waals surface area contributed by atoms with Crippen LogP contribution in [0.3, 0.4) is 0 Å². The summed E-state index contributed by atoms with van der Waals surface area (Å²) in [5.41, 5.74) is -0.810. The van der Waals surface area contributed by atoms with Crippen molar-refractivity contribution in [2.24, 2.45) is 5.92 Å². The van der Waals surface area contributed by atoms with Crippen LogP contribution in [0.15, 0.2) is 24.0 Å². The summed E-state index contributed by atoms with van der Waals surface area (Å²) in [5.74, 6) is -5.35. The smallest absolute Gasteiger partial charge is 0.349 e. The van der Waals surface area contributed by atoms with Gasteiger partial charge in [0.1, 0.15) is 28.8 Å². The highest BCUT2D eigenvalue weighted by atomic mass is 16.6. The van der Waals surface area contributed by atoms with E-state index in [1.54, 1.807) is 32.9 Å². The second-order valence-corrected chi connectivity index (χ2v) is 14.0. The van der Waals surface area contributed by atoms with Crippen molar-refractivity contribution >= 4 is 29.7 Å². The molecule has 5 rings (SSSR count). The van der Waals surface area contributed by atoms with E-state index in [4.69, 9.17) is 23.7 Å². The van der Waals surface area contributed by atoms with Gasteiger partial charge in [0.05, 0.1) is 24.0 Å². The summed E-state index contributed by atoms with van der Waals surface area (Å²) < 4.78 is 28.2. The number of likely N-dealkylation sites (tertiary alicyclic amines) is 1. The van der Waals surface area contributed by atoms with E-state index < -0.39 is 76.9 Å². The largest absolute Gasteiger partial charge is 0.481 e. The van der Waals surface area contributed by atoms with Crippen LogP contribution in [0.1, 0.15) is 77.5 Å². The number of ether oxygens (including phenoxy) is 5. The normalized spacial score (nSPS) is 27.6. The number of piperidine rings is 1. The zero-order valence-electron chi connectivity index (χ0n) is 27.8. The summed E-state index contributed by atoms with van der Waals surface area (Å²) in [6, 6.07) is 3.51.